The van der Waals surface area contributed by atoms with Crippen molar-refractivity contribution in [3.05, 3.63) is 78.6 Å². The van der Waals surface area contributed by atoms with Crippen LogP contribution in [0.15, 0.2) is 72.4 Å². The molecule has 0 fully saturated rings. The second kappa shape index (κ2) is 7.53. The van der Waals surface area contributed by atoms with Crippen molar-refractivity contribution in [2.45, 2.75) is 17.5 Å². The first kappa shape index (κ1) is 16.5. The van der Waals surface area contributed by atoms with E-state index < -0.39 is 0 Å². The van der Waals surface area contributed by atoms with E-state index in [0.29, 0.717) is 6.54 Å². The van der Waals surface area contributed by atoms with E-state index >= 15 is 0 Å². The topological polar surface area (TPSA) is 61.4 Å². The summed E-state index contributed by atoms with van der Waals surface area (Å²) in [4.78, 5) is 8.60. The van der Waals surface area contributed by atoms with Crippen molar-refractivity contribution < 1.29 is 0 Å². The van der Waals surface area contributed by atoms with Crippen molar-refractivity contribution in [3.8, 4) is 11.4 Å². The summed E-state index contributed by atoms with van der Waals surface area (Å²) in [6.45, 7) is 0.709. The predicted octanol–water partition coefficient (Wildman–Crippen LogP) is 3.41. The molecule has 0 radical (unpaired) electrons. The van der Waals surface area contributed by atoms with E-state index in [1.54, 1.807) is 18.0 Å². The van der Waals surface area contributed by atoms with Crippen LogP contribution in [0, 0.1) is 0 Å². The van der Waals surface area contributed by atoms with Crippen LogP contribution in [0.4, 0.5) is 0 Å². The molecule has 7 heteroatoms. The highest BCUT2D eigenvalue weighted by atomic mass is 32.2. The molecule has 0 aliphatic rings. The molecular formula is C19H18N6S. The van der Waals surface area contributed by atoms with Crippen molar-refractivity contribution in [2.24, 2.45) is 7.05 Å². The molecule has 0 unspecified atom stereocenters. The minimum absolute atomic E-state index is 0.709. The Morgan fingerprint density at radius 2 is 1.88 bits per heavy atom. The Bertz CT molecular complexity index is 978. The van der Waals surface area contributed by atoms with Crippen LogP contribution in [0.5, 0.6) is 0 Å². The highest BCUT2D eigenvalue weighted by Gasteiger charge is 2.15. The fourth-order valence-corrected chi connectivity index (χ4v) is 3.62. The maximum Gasteiger partial charge on any atom is 0.192 e. The highest BCUT2D eigenvalue weighted by Crippen LogP contribution is 2.26. The van der Waals surface area contributed by atoms with Gasteiger partial charge in [0.1, 0.15) is 5.82 Å². The molecule has 4 rings (SSSR count). The standard InChI is InChI=1S/C19H18N6S/c1-24-11-10-21-17(24)14-26-19-23-22-18(16-8-5-9-20-12-16)25(19)13-15-6-3-2-4-7-15/h2-12H,13-14H2,1H3. The SMILES string of the molecule is Cn1ccnc1CSc1nnc(-c2cccnc2)n1Cc1ccccc1. The lowest BCUT2D eigenvalue weighted by Crippen LogP contribution is -2.05. The zero-order chi connectivity index (χ0) is 17.8. The largest absolute Gasteiger partial charge is 0.337 e. The molecule has 0 bridgehead atoms. The van der Waals surface area contributed by atoms with E-state index in [2.05, 4.69) is 36.9 Å². The molecule has 0 saturated carbocycles. The summed E-state index contributed by atoms with van der Waals surface area (Å²) in [6.07, 6.45) is 7.34. The molecule has 0 aliphatic heterocycles. The van der Waals surface area contributed by atoms with Gasteiger partial charge < -0.3 is 4.57 Å². The molecule has 0 aliphatic carbocycles. The van der Waals surface area contributed by atoms with Gasteiger partial charge in [-0.25, -0.2) is 4.98 Å². The maximum absolute atomic E-state index is 4.43. The first-order valence-corrected chi connectivity index (χ1v) is 9.26. The van der Waals surface area contributed by atoms with Gasteiger partial charge in [-0.15, -0.1) is 10.2 Å². The Labute approximate surface area is 156 Å². The number of aryl methyl sites for hydroxylation is 1. The van der Waals surface area contributed by atoms with Crippen LogP contribution in [0.1, 0.15) is 11.4 Å². The average Bonchev–Trinajstić information content (AvgIpc) is 3.27. The number of aromatic nitrogens is 6. The number of pyridine rings is 1. The number of benzene rings is 1. The maximum atomic E-state index is 4.43. The summed E-state index contributed by atoms with van der Waals surface area (Å²) >= 11 is 1.64. The molecule has 1 aromatic carbocycles. The van der Waals surface area contributed by atoms with E-state index in [1.165, 1.54) is 5.56 Å². The van der Waals surface area contributed by atoms with E-state index in [9.17, 15) is 0 Å². The molecule has 0 saturated heterocycles. The third-order valence-corrected chi connectivity index (χ3v) is 5.03. The third kappa shape index (κ3) is 3.52. The van der Waals surface area contributed by atoms with Gasteiger partial charge in [0.05, 0.1) is 12.3 Å². The van der Waals surface area contributed by atoms with Crippen LogP contribution in [0.2, 0.25) is 0 Å². The molecule has 6 nitrogen and oxygen atoms in total. The lowest BCUT2D eigenvalue weighted by Gasteiger charge is -2.10. The van der Waals surface area contributed by atoms with Crippen molar-refractivity contribution >= 4 is 11.8 Å². The van der Waals surface area contributed by atoms with Gasteiger partial charge in [-0.1, -0.05) is 42.1 Å². The van der Waals surface area contributed by atoms with Gasteiger partial charge >= 0.3 is 0 Å². The zero-order valence-corrected chi connectivity index (χ0v) is 15.2. The molecule has 130 valence electrons. The minimum atomic E-state index is 0.709. The van der Waals surface area contributed by atoms with E-state index in [0.717, 1.165) is 28.1 Å². The van der Waals surface area contributed by atoms with Crippen molar-refractivity contribution in [1.29, 1.82) is 0 Å². The Morgan fingerprint density at radius 3 is 2.62 bits per heavy atom. The van der Waals surface area contributed by atoms with Gasteiger partial charge in [-0.3, -0.25) is 9.55 Å². The number of nitrogens with zero attached hydrogens (tertiary/aromatic N) is 6. The van der Waals surface area contributed by atoms with Crippen LogP contribution in [0.3, 0.4) is 0 Å². The van der Waals surface area contributed by atoms with E-state index in [1.807, 2.05) is 60.5 Å². The molecule has 0 N–H and O–H groups in total. The van der Waals surface area contributed by atoms with Crippen LogP contribution < -0.4 is 0 Å². The van der Waals surface area contributed by atoms with Crippen LogP contribution >= 0.6 is 11.8 Å². The van der Waals surface area contributed by atoms with Crippen LogP contribution in [-0.4, -0.2) is 29.3 Å². The summed E-state index contributed by atoms with van der Waals surface area (Å²) < 4.78 is 4.16. The number of rotatable bonds is 6. The summed E-state index contributed by atoms with van der Waals surface area (Å²) in [5.41, 5.74) is 2.16. The second-order valence-electron chi connectivity index (χ2n) is 5.86. The molecule has 0 spiro atoms. The fraction of sp³-hybridized carbons (Fsp3) is 0.158. The van der Waals surface area contributed by atoms with E-state index in [-0.39, 0.29) is 0 Å². The highest BCUT2D eigenvalue weighted by molar-refractivity contribution is 7.98. The normalized spacial score (nSPS) is 11.0. The lowest BCUT2D eigenvalue weighted by molar-refractivity contribution is 0.713. The van der Waals surface area contributed by atoms with Crippen molar-refractivity contribution in [3.63, 3.8) is 0 Å². The van der Waals surface area contributed by atoms with Gasteiger partial charge in [0, 0.05) is 37.4 Å². The molecule has 26 heavy (non-hydrogen) atoms. The second-order valence-corrected chi connectivity index (χ2v) is 6.81. The quantitative estimate of drug-likeness (QED) is 0.492. The smallest absolute Gasteiger partial charge is 0.192 e. The van der Waals surface area contributed by atoms with Crippen molar-refractivity contribution in [2.75, 3.05) is 0 Å². The first-order chi connectivity index (χ1) is 12.8. The van der Waals surface area contributed by atoms with Gasteiger partial charge in [0.2, 0.25) is 0 Å². The Morgan fingerprint density at radius 1 is 1.00 bits per heavy atom. The van der Waals surface area contributed by atoms with Gasteiger partial charge in [0.25, 0.3) is 0 Å². The molecule has 4 aromatic rings. The summed E-state index contributed by atoms with van der Waals surface area (Å²) in [5, 5.41) is 9.73. The number of thioether (sulfide) groups is 1. The van der Waals surface area contributed by atoms with Gasteiger partial charge in [0.15, 0.2) is 11.0 Å². The molecular weight excluding hydrogens is 344 g/mol. The Hall–Kier alpha value is -2.93. The molecule has 3 aromatic heterocycles. The molecule has 3 heterocycles. The summed E-state index contributed by atoms with van der Waals surface area (Å²) in [6, 6.07) is 14.3. The minimum Gasteiger partial charge on any atom is -0.337 e. The molecule has 0 atom stereocenters. The van der Waals surface area contributed by atoms with E-state index in [4.69, 9.17) is 0 Å². The fourth-order valence-electron chi connectivity index (χ4n) is 2.68. The Balaban J connectivity index is 1.67. The average molecular weight is 362 g/mol. The van der Waals surface area contributed by atoms with Crippen LogP contribution in [0.25, 0.3) is 11.4 Å². The number of hydrogen-bond donors (Lipinski definition) is 0. The molecule has 0 amide bonds. The number of hydrogen-bond acceptors (Lipinski definition) is 5. The van der Waals surface area contributed by atoms with Gasteiger partial charge in [-0.2, -0.15) is 0 Å². The predicted molar refractivity (Wildman–Crippen MR) is 102 cm³/mol. The van der Waals surface area contributed by atoms with Crippen LogP contribution in [-0.2, 0) is 19.3 Å². The lowest BCUT2D eigenvalue weighted by atomic mass is 10.2. The summed E-state index contributed by atoms with van der Waals surface area (Å²) in [5.74, 6) is 2.57. The first-order valence-electron chi connectivity index (χ1n) is 8.28. The van der Waals surface area contributed by atoms with Gasteiger partial charge in [-0.05, 0) is 17.7 Å². The zero-order valence-electron chi connectivity index (χ0n) is 14.4. The summed E-state index contributed by atoms with van der Waals surface area (Å²) in [7, 11) is 2.00. The Kier molecular flexibility index (Phi) is 4.79. The monoisotopic (exact) mass is 362 g/mol. The van der Waals surface area contributed by atoms with Crippen molar-refractivity contribution in [1.82, 2.24) is 29.3 Å². The number of imidazole rings is 1. The third-order valence-electron chi connectivity index (χ3n) is 4.07.